The van der Waals surface area contributed by atoms with E-state index in [1.54, 1.807) is 7.11 Å². The zero-order chi connectivity index (χ0) is 14.3. The number of ether oxygens (including phenoxy) is 1. The highest BCUT2D eigenvalue weighted by Crippen LogP contribution is 2.38. The minimum Gasteiger partial charge on any atom is -0.495 e. The molecule has 2 heterocycles. The van der Waals surface area contributed by atoms with Crippen LogP contribution >= 0.6 is 0 Å². The number of anilines is 1. The van der Waals surface area contributed by atoms with Crippen LogP contribution in [0.25, 0.3) is 0 Å². The van der Waals surface area contributed by atoms with Crippen molar-refractivity contribution in [1.82, 2.24) is 5.32 Å². The van der Waals surface area contributed by atoms with Crippen LogP contribution in [0.5, 0.6) is 5.75 Å². The molecular formula is C14H16N2O4. The van der Waals surface area contributed by atoms with E-state index in [4.69, 9.17) is 9.84 Å². The molecule has 2 atom stereocenters. The fraction of sp³-hybridized carbons (Fsp3) is 0.429. The molecule has 0 aliphatic carbocycles. The monoisotopic (exact) mass is 276 g/mol. The molecule has 0 saturated carbocycles. The van der Waals surface area contributed by atoms with E-state index < -0.39 is 5.97 Å². The van der Waals surface area contributed by atoms with Crippen LogP contribution in [0.1, 0.15) is 23.6 Å². The highest BCUT2D eigenvalue weighted by molar-refractivity contribution is 6.01. The van der Waals surface area contributed by atoms with Gasteiger partial charge in [-0.15, -0.1) is 0 Å². The second-order valence-corrected chi connectivity index (χ2v) is 5.21. The summed E-state index contributed by atoms with van der Waals surface area (Å²) in [5.41, 5.74) is 2.61. The van der Waals surface area contributed by atoms with Gasteiger partial charge in [0.25, 0.3) is 0 Å². The van der Waals surface area contributed by atoms with E-state index in [-0.39, 0.29) is 17.9 Å². The minimum absolute atomic E-state index is 0.00833. The van der Waals surface area contributed by atoms with E-state index in [9.17, 15) is 9.59 Å². The molecule has 0 radical (unpaired) electrons. The second kappa shape index (κ2) is 4.79. The lowest BCUT2D eigenvalue weighted by molar-refractivity contribution is -0.141. The van der Waals surface area contributed by atoms with Crippen molar-refractivity contribution in [2.24, 2.45) is 5.92 Å². The molecule has 6 nitrogen and oxygen atoms in total. The predicted octanol–water partition coefficient (Wildman–Crippen LogP) is 0.925. The molecule has 0 bridgehead atoms. The number of fused-ring (bicyclic) bond motifs is 1. The fourth-order valence-electron chi connectivity index (χ4n) is 2.87. The van der Waals surface area contributed by atoms with Crippen molar-refractivity contribution in [1.29, 1.82) is 0 Å². The van der Waals surface area contributed by atoms with E-state index >= 15 is 0 Å². The summed E-state index contributed by atoms with van der Waals surface area (Å²) in [6.45, 7) is 0.469. The van der Waals surface area contributed by atoms with Crippen molar-refractivity contribution >= 4 is 17.6 Å². The summed E-state index contributed by atoms with van der Waals surface area (Å²) in [6, 6.07) is 3.82. The van der Waals surface area contributed by atoms with Crippen molar-refractivity contribution in [3.63, 3.8) is 0 Å². The SMILES string of the molecule is COc1cc(C2CC(C(=O)O)CN2)cc2c1NC(=O)C2. The number of nitrogens with one attached hydrogen (secondary N) is 2. The van der Waals surface area contributed by atoms with Gasteiger partial charge in [-0.2, -0.15) is 0 Å². The lowest BCUT2D eigenvalue weighted by Crippen LogP contribution is -2.17. The van der Waals surface area contributed by atoms with Crippen LogP contribution in [0.15, 0.2) is 12.1 Å². The number of amides is 1. The van der Waals surface area contributed by atoms with Crippen LogP contribution < -0.4 is 15.4 Å². The third-order valence-electron chi connectivity index (χ3n) is 3.92. The Morgan fingerprint density at radius 2 is 2.25 bits per heavy atom. The number of carboxylic acids is 1. The van der Waals surface area contributed by atoms with Gasteiger partial charge in [0, 0.05) is 12.6 Å². The summed E-state index contributed by atoms with van der Waals surface area (Å²) >= 11 is 0. The van der Waals surface area contributed by atoms with Crippen molar-refractivity contribution < 1.29 is 19.4 Å². The van der Waals surface area contributed by atoms with Crippen LogP contribution in [0.2, 0.25) is 0 Å². The Bertz CT molecular complexity index is 585. The lowest BCUT2D eigenvalue weighted by Gasteiger charge is -2.15. The number of carbonyl (C=O) groups excluding carboxylic acids is 1. The third kappa shape index (κ3) is 2.12. The fourth-order valence-corrected chi connectivity index (χ4v) is 2.87. The first-order valence-corrected chi connectivity index (χ1v) is 6.55. The molecule has 1 fully saturated rings. The molecular weight excluding hydrogens is 260 g/mol. The number of aliphatic carboxylic acids is 1. The predicted molar refractivity (Wildman–Crippen MR) is 71.8 cm³/mol. The Balaban J connectivity index is 1.90. The molecule has 0 spiro atoms. The van der Waals surface area contributed by atoms with E-state index in [1.807, 2.05) is 12.1 Å². The smallest absolute Gasteiger partial charge is 0.307 e. The summed E-state index contributed by atoms with van der Waals surface area (Å²) in [7, 11) is 1.56. The summed E-state index contributed by atoms with van der Waals surface area (Å²) < 4.78 is 5.32. The van der Waals surface area contributed by atoms with Gasteiger partial charge >= 0.3 is 5.97 Å². The van der Waals surface area contributed by atoms with Gasteiger partial charge in [-0.3, -0.25) is 9.59 Å². The molecule has 1 amide bonds. The average molecular weight is 276 g/mol. The molecule has 20 heavy (non-hydrogen) atoms. The standard InChI is InChI=1S/C14H16N2O4/c1-20-11-4-7(2-8-5-12(17)16-13(8)11)10-3-9(6-15-10)14(18)19/h2,4,9-10,15H,3,5-6H2,1H3,(H,16,17)(H,18,19). The molecule has 106 valence electrons. The van der Waals surface area contributed by atoms with Gasteiger partial charge in [-0.05, 0) is 23.6 Å². The van der Waals surface area contributed by atoms with Crippen molar-refractivity contribution in [3.8, 4) is 5.75 Å². The molecule has 3 rings (SSSR count). The quantitative estimate of drug-likeness (QED) is 0.764. The average Bonchev–Trinajstić information content (AvgIpc) is 3.02. The molecule has 1 saturated heterocycles. The van der Waals surface area contributed by atoms with Crippen molar-refractivity contribution in [2.45, 2.75) is 18.9 Å². The van der Waals surface area contributed by atoms with E-state index in [0.717, 1.165) is 16.8 Å². The maximum Gasteiger partial charge on any atom is 0.307 e. The number of methoxy groups -OCH3 is 1. The van der Waals surface area contributed by atoms with E-state index in [2.05, 4.69) is 10.6 Å². The van der Waals surface area contributed by atoms with Crippen LogP contribution in [-0.4, -0.2) is 30.6 Å². The first kappa shape index (κ1) is 12.9. The minimum atomic E-state index is -0.773. The molecule has 1 aromatic rings. The van der Waals surface area contributed by atoms with Gasteiger partial charge in [-0.1, -0.05) is 6.07 Å². The summed E-state index contributed by atoms with van der Waals surface area (Å²) in [6.07, 6.45) is 0.896. The van der Waals surface area contributed by atoms with Gasteiger partial charge in [-0.25, -0.2) is 0 Å². The molecule has 2 unspecified atom stereocenters. The van der Waals surface area contributed by atoms with Crippen molar-refractivity contribution in [2.75, 3.05) is 19.0 Å². The number of carboxylic acid groups (broad SMARTS) is 1. The van der Waals surface area contributed by atoms with Gasteiger partial charge in [0.2, 0.25) is 5.91 Å². The van der Waals surface area contributed by atoms with E-state index in [1.165, 1.54) is 0 Å². The zero-order valence-electron chi connectivity index (χ0n) is 11.1. The molecule has 6 heteroatoms. The van der Waals surface area contributed by atoms with Crippen LogP contribution in [0.3, 0.4) is 0 Å². The Hall–Kier alpha value is -2.08. The summed E-state index contributed by atoms with van der Waals surface area (Å²) in [5, 5.41) is 15.0. The van der Waals surface area contributed by atoms with Crippen molar-refractivity contribution in [3.05, 3.63) is 23.3 Å². The van der Waals surface area contributed by atoms with Crippen LogP contribution in [0.4, 0.5) is 5.69 Å². The first-order chi connectivity index (χ1) is 9.58. The molecule has 0 aromatic heterocycles. The highest BCUT2D eigenvalue weighted by atomic mass is 16.5. The maximum absolute atomic E-state index is 11.5. The summed E-state index contributed by atoms with van der Waals surface area (Å²) in [4.78, 5) is 22.5. The molecule has 3 N–H and O–H groups in total. The number of benzene rings is 1. The normalized spacial score (nSPS) is 24.4. The Labute approximate surface area is 116 Å². The zero-order valence-corrected chi connectivity index (χ0v) is 11.1. The van der Waals surface area contributed by atoms with Gasteiger partial charge in [0.05, 0.1) is 25.1 Å². The van der Waals surface area contributed by atoms with Gasteiger partial charge in [0.1, 0.15) is 5.75 Å². The summed E-state index contributed by atoms with van der Waals surface area (Å²) in [5.74, 6) is -0.550. The van der Waals surface area contributed by atoms with Crippen LogP contribution in [0, 0.1) is 5.92 Å². The molecule has 1 aromatic carbocycles. The maximum atomic E-state index is 11.5. The number of rotatable bonds is 3. The topological polar surface area (TPSA) is 87.7 Å². The van der Waals surface area contributed by atoms with Crippen LogP contribution in [-0.2, 0) is 16.0 Å². The first-order valence-electron chi connectivity index (χ1n) is 6.55. The largest absolute Gasteiger partial charge is 0.495 e. The molecule has 2 aliphatic heterocycles. The lowest BCUT2D eigenvalue weighted by atomic mass is 9.97. The number of hydrogen-bond donors (Lipinski definition) is 3. The van der Waals surface area contributed by atoms with E-state index in [0.29, 0.717) is 25.1 Å². The second-order valence-electron chi connectivity index (χ2n) is 5.21. The van der Waals surface area contributed by atoms with Gasteiger partial charge in [0.15, 0.2) is 0 Å². The third-order valence-corrected chi connectivity index (χ3v) is 3.92. The highest BCUT2D eigenvalue weighted by Gasteiger charge is 2.32. The number of carbonyl (C=O) groups is 2. The Morgan fingerprint density at radius 3 is 2.90 bits per heavy atom. The molecule has 2 aliphatic rings. The Morgan fingerprint density at radius 1 is 1.45 bits per heavy atom. The number of hydrogen-bond acceptors (Lipinski definition) is 4. The van der Waals surface area contributed by atoms with Gasteiger partial charge < -0.3 is 20.5 Å². The Kier molecular flexibility index (Phi) is 3.10.